The van der Waals surface area contributed by atoms with Gasteiger partial charge in [-0.05, 0) is 94.0 Å². The normalized spacial score (nSPS) is 21.4. The Morgan fingerprint density at radius 2 is 1.60 bits per heavy atom. The number of anilines is 2. The lowest BCUT2D eigenvalue weighted by atomic mass is 9.59. The molecule has 0 radical (unpaired) electrons. The van der Waals surface area contributed by atoms with E-state index in [0.717, 1.165) is 77.9 Å². The van der Waals surface area contributed by atoms with E-state index in [4.69, 9.17) is 35.6 Å². The van der Waals surface area contributed by atoms with Gasteiger partial charge in [-0.2, -0.15) is 5.10 Å². The zero-order valence-electron chi connectivity index (χ0n) is 38.9. The minimum Gasteiger partial charge on any atom is -0.494 e. The molecule has 4 fully saturated rings. The maximum absolute atomic E-state index is 14.3. The van der Waals surface area contributed by atoms with Crippen molar-refractivity contribution in [3.05, 3.63) is 65.0 Å². The lowest BCUT2D eigenvalue weighted by Gasteiger charge is -2.51. The summed E-state index contributed by atoms with van der Waals surface area (Å²) in [6.07, 6.45) is 10.8. The first-order valence-electron chi connectivity index (χ1n) is 23.5. The van der Waals surface area contributed by atoms with Gasteiger partial charge in [0.2, 0.25) is 29.6 Å². The number of fused-ring (bicyclic) bond motifs is 4. The average molecular weight is 919 g/mol. The molecular weight excluding hydrogens is 857 g/mol. The number of imidazole rings is 2. The van der Waals surface area contributed by atoms with Crippen molar-refractivity contribution < 1.29 is 33.4 Å². The van der Waals surface area contributed by atoms with E-state index < -0.39 is 17.7 Å². The van der Waals surface area contributed by atoms with Gasteiger partial charge in [0.1, 0.15) is 33.8 Å². The Bertz CT molecular complexity index is 2740. The summed E-state index contributed by atoms with van der Waals surface area (Å²) in [5.74, 6) is -0.279. The summed E-state index contributed by atoms with van der Waals surface area (Å²) < 4.78 is 23.6. The fourth-order valence-corrected chi connectivity index (χ4v) is 10.8. The highest BCUT2D eigenvalue weighted by molar-refractivity contribution is 6.04. The van der Waals surface area contributed by atoms with E-state index in [2.05, 4.69) is 32.9 Å². The molecule has 2 aliphatic heterocycles. The maximum atomic E-state index is 14.3. The second kappa shape index (κ2) is 18.8. The van der Waals surface area contributed by atoms with E-state index in [1.807, 2.05) is 30.6 Å². The van der Waals surface area contributed by atoms with Gasteiger partial charge < -0.3 is 40.1 Å². The predicted molar refractivity (Wildman–Crippen MR) is 252 cm³/mol. The van der Waals surface area contributed by atoms with Gasteiger partial charge in [-0.15, -0.1) is 0 Å². The van der Waals surface area contributed by atoms with Crippen molar-refractivity contribution in [3.63, 3.8) is 0 Å². The first-order valence-corrected chi connectivity index (χ1v) is 23.5. The van der Waals surface area contributed by atoms with Crippen LogP contribution in [0.4, 0.5) is 11.9 Å². The maximum Gasteiger partial charge on any atom is 0.276 e. The van der Waals surface area contributed by atoms with E-state index in [0.29, 0.717) is 70.0 Å². The molecule has 3 atom stereocenters. The Kier molecular flexibility index (Phi) is 12.8. The van der Waals surface area contributed by atoms with Crippen LogP contribution in [-0.4, -0.2) is 116 Å². The minimum absolute atomic E-state index is 0.0659. The monoisotopic (exact) mass is 918 g/mol. The number of likely N-dealkylation sites (tertiary alicyclic amines) is 1. The van der Waals surface area contributed by atoms with Crippen LogP contribution in [0, 0.1) is 24.2 Å². The molecule has 9 rings (SSSR count). The molecule has 2 aliphatic carbocycles. The quantitative estimate of drug-likeness (QED) is 0.0635. The number of hydrogen-bond donors (Lipinski definition) is 5. The number of carbonyl (C=O) groups is 4. The molecule has 1 spiro atoms. The topological polar surface area (TPSA) is 241 Å². The van der Waals surface area contributed by atoms with Crippen LogP contribution in [0.25, 0.3) is 22.1 Å². The fraction of sp³-hybridized carbons (Fsp3) is 0.521. The molecule has 3 aromatic heterocycles. The third kappa shape index (κ3) is 9.36. The smallest absolute Gasteiger partial charge is 0.276 e. The molecule has 356 valence electrons. The molecule has 19 heteroatoms. The Hall–Kier alpha value is -6.31. The Morgan fingerprint density at radius 1 is 0.925 bits per heavy atom. The van der Waals surface area contributed by atoms with Gasteiger partial charge in [0.25, 0.3) is 5.91 Å². The summed E-state index contributed by atoms with van der Waals surface area (Å²) in [4.78, 5) is 65.1. The molecule has 67 heavy (non-hydrogen) atoms. The van der Waals surface area contributed by atoms with Crippen LogP contribution in [0.5, 0.6) is 11.5 Å². The fourth-order valence-electron chi connectivity index (χ4n) is 10.8. The Labute approximate surface area is 388 Å². The number of allylic oxidation sites excluding steroid dienone is 2. The number of methoxy groups -OCH3 is 1. The number of hydrogen-bond acceptors (Lipinski definition) is 12. The van der Waals surface area contributed by atoms with Gasteiger partial charge >= 0.3 is 0 Å². The number of nitrogens with one attached hydrogen (secondary N) is 3. The van der Waals surface area contributed by atoms with Crippen molar-refractivity contribution in [1.82, 2.24) is 39.1 Å². The zero-order valence-corrected chi connectivity index (χ0v) is 38.9. The SMILES string of the molecule is CCn1nc(C)cc1C(=O)Nc1nc2cc(C(N)=O)cc(OC)c2n1C/C=C/Cn1c(NC(=O)C2CCC3(C)CCCC2C3)nc2cc(C(N)=O)cc(OCCCN3CC4(CNCCO4)C3)c21. The molecule has 7 N–H and O–H groups in total. The average Bonchev–Trinajstić information content (AvgIpc) is 3.97. The number of aromatic nitrogens is 6. The standard InChI is InChI=1S/C48H62N12O7/c1-5-60-36(20-29(2)56-60)44(64)55-46-52-34-21-31(41(49)61)23-37(65-4)39(34)58(46)16-6-7-17-59-40-35(53-45(59)54-43(63)33-11-13-47(3)12-8-10-30(33)25-47)22-32(42(50)62)24-38(40)66-18-9-15-57-27-48(28-57)26-51-14-19-67-48/h6-7,20-24,30,33,51H,5,8-19,25-28H2,1-4H3,(H2,49,61)(H2,50,62)(H,52,55,64)(H,53,54,63)/b7-6+. The largest absolute Gasteiger partial charge is 0.494 e. The number of nitrogens with two attached hydrogens (primary N) is 2. The lowest BCUT2D eigenvalue weighted by molar-refractivity contribution is -0.156. The molecule has 3 unspecified atom stereocenters. The van der Waals surface area contributed by atoms with Crippen LogP contribution in [0.15, 0.2) is 42.5 Å². The van der Waals surface area contributed by atoms with Gasteiger partial charge in [0.05, 0.1) is 37.1 Å². The number of morpholine rings is 1. The highest BCUT2D eigenvalue weighted by Gasteiger charge is 2.45. The van der Waals surface area contributed by atoms with Crippen molar-refractivity contribution in [2.75, 3.05) is 63.7 Å². The van der Waals surface area contributed by atoms with Crippen molar-refractivity contribution in [1.29, 1.82) is 0 Å². The van der Waals surface area contributed by atoms with Crippen LogP contribution in [0.1, 0.15) is 95.7 Å². The molecular formula is C48H62N12O7. The number of primary amides is 2. The van der Waals surface area contributed by atoms with Gasteiger partial charge in [0, 0.05) is 69.4 Å². The molecule has 4 amide bonds. The molecule has 4 aliphatic rings. The molecule has 5 heterocycles. The van der Waals surface area contributed by atoms with Crippen molar-refractivity contribution >= 4 is 57.6 Å². The van der Waals surface area contributed by atoms with Gasteiger partial charge in [0.15, 0.2) is 0 Å². The number of rotatable bonds is 17. The number of ether oxygens (including phenoxy) is 3. The Balaban J connectivity index is 1.02. The second-order valence-corrected chi connectivity index (χ2v) is 19.0. The third-order valence-electron chi connectivity index (χ3n) is 14.1. The molecule has 2 aromatic carbocycles. The van der Waals surface area contributed by atoms with Crippen LogP contribution in [0.2, 0.25) is 0 Å². The van der Waals surface area contributed by atoms with E-state index in [1.165, 1.54) is 13.5 Å². The summed E-state index contributed by atoms with van der Waals surface area (Å²) >= 11 is 0. The van der Waals surface area contributed by atoms with E-state index >= 15 is 0 Å². The zero-order chi connectivity index (χ0) is 47.0. The number of amides is 4. The van der Waals surface area contributed by atoms with Gasteiger partial charge in [-0.25, -0.2) is 9.97 Å². The molecule has 5 aromatic rings. The van der Waals surface area contributed by atoms with E-state index in [9.17, 15) is 19.2 Å². The van der Waals surface area contributed by atoms with Crippen LogP contribution >= 0.6 is 0 Å². The minimum atomic E-state index is -0.651. The lowest BCUT2D eigenvalue weighted by Crippen LogP contribution is -2.69. The van der Waals surface area contributed by atoms with Gasteiger partial charge in [-0.3, -0.25) is 39.4 Å². The van der Waals surface area contributed by atoms with Crippen LogP contribution in [-0.2, 0) is 29.2 Å². The summed E-state index contributed by atoms with van der Waals surface area (Å²) in [5.41, 5.74) is 15.2. The first-order chi connectivity index (χ1) is 32.3. The third-order valence-corrected chi connectivity index (χ3v) is 14.1. The molecule has 2 bridgehead atoms. The summed E-state index contributed by atoms with van der Waals surface area (Å²) in [5, 5.41) is 14.0. The summed E-state index contributed by atoms with van der Waals surface area (Å²) in [6.45, 7) is 12.3. The number of benzene rings is 2. The van der Waals surface area contributed by atoms with E-state index in [-0.39, 0.29) is 53.0 Å². The first kappa shape index (κ1) is 45.8. The van der Waals surface area contributed by atoms with E-state index in [1.54, 1.807) is 39.6 Å². The van der Waals surface area contributed by atoms with Gasteiger partial charge in [-0.1, -0.05) is 25.5 Å². The molecule has 2 saturated carbocycles. The van der Waals surface area contributed by atoms with Crippen LogP contribution < -0.4 is 36.9 Å². The summed E-state index contributed by atoms with van der Waals surface area (Å²) in [6, 6.07) is 8.10. The number of nitrogens with zero attached hydrogens (tertiary/aromatic N) is 7. The highest BCUT2D eigenvalue weighted by Crippen LogP contribution is 2.51. The van der Waals surface area contributed by atoms with Crippen molar-refractivity contribution in [2.24, 2.45) is 28.7 Å². The molecule has 2 saturated heterocycles. The highest BCUT2D eigenvalue weighted by atomic mass is 16.5. The second-order valence-electron chi connectivity index (χ2n) is 19.0. The predicted octanol–water partition coefficient (Wildman–Crippen LogP) is 4.61. The number of carbonyl (C=O) groups excluding carboxylic acids is 4. The van der Waals surface area contributed by atoms with Crippen molar-refractivity contribution in [2.45, 2.75) is 91.0 Å². The molecule has 19 nitrogen and oxygen atoms in total. The summed E-state index contributed by atoms with van der Waals surface area (Å²) in [7, 11) is 1.49. The number of aryl methyl sites for hydroxylation is 2. The van der Waals surface area contributed by atoms with Crippen LogP contribution in [0.3, 0.4) is 0 Å². The van der Waals surface area contributed by atoms with Crippen molar-refractivity contribution in [3.8, 4) is 11.5 Å². The Morgan fingerprint density at radius 3 is 2.24 bits per heavy atom.